The Kier molecular flexibility index (Phi) is 4.16. The van der Waals surface area contributed by atoms with Crippen molar-refractivity contribution in [2.24, 2.45) is 5.10 Å². The molecular formula is C12H8FN3O3S. The van der Waals surface area contributed by atoms with Crippen LogP contribution >= 0.6 is 11.3 Å². The summed E-state index contributed by atoms with van der Waals surface area (Å²) in [6.07, 6.45) is 1.03. The van der Waals surface area contributed by atoms with Crippen molar-refractivity contribution in [3.05, 3.63) is 62.1 Å². The number of carbonyl (C=O) groups excluding carboxylic acids is 1. The molecule has 102 valence electrons. The van der Waals surface area contributed by atoms with Crippen LogP contribution in [0, 0.1) is 15.9 Å². The highest BCUT2D eigenvalue weighted by molar-refractivity contribution is 7.12. The summed E-state index contributed by atoms with van der Waals surface area (Å²) in [5.74, 6) is -1.06. The van der Waals surface area contributed by atoms with E-state index in [-0.39, 0.29) is 11.3 Å². The predicted octanol–water partition coefficient (Wildman–Crippen LogP) is 2.56. The van der Waals surface area contributed by atoms with Crippen LogP contribution in [0.2, 0.25) is 0 Å². The first-order valence-corrected chi connectivity index (χ1v) is 6.27. The number of thiophene rings is 1. The van der Waals surface area contributed by atoms with Crippen LogP contribution in [0.5, 0.6) is 0 Å². The summed E-state index contributed by atoms with van der Waals surface area (Å²) in [6, 6.07) is 6.32. The van der Waals surface area contributed by atoms with E-state index in [4.69, 9.17) is 0 Å². The zero-order valence-corrected chi connectivity index (χ0v) is 10.8. The Labute approximate surface area is 116 Å². The summed E-state index contributed by atoms with van der Waals surface area (Å²) >= 11 is 1.23. The Morgan fingerprint density at radius 2 is 2.25 bits per heavy atom. The van der Waals surface area contributed by atoms with Crippen LogP contribution in [-0.2, 0) is 0 Å². The highest BCUT2D eigenvalue weighted by Gasteiger charge is 2.12. The Morgan fingerprint density at radius 1 is 1.45 bits per heavy atom. The molecule has 0 atom stereocenters. The first-order chi connectivity index (χ1) is 9.58. The molecule has 2 rings (SSSR count). The van der Waals surface area contributed by atoms with Crippen molar-refractivity contribution in [1.29, 1.82) is 0 Å². The summed E-state index contributed by atoms with van der Waals surface area (Å²) in [5, 5.41) is 16.1. The van der Waals surface area contributed by atoms with Crippen LogP contribution in [0.3, 0.4) is 0 Å². The molecule has 8 heteroatoms. The van der Waals surface area contributed by atoms with Crippen molar-refractivity contribution < 1.29 is 14.1 Å². The smallest absolute Gasteiger partial charge is 0.266 e. The van der Waals surface area contributed by atoms with E-state index in [0.29, 0.717) is 4.88 Å². The Bertz CT molecular complexity index is 671. The van der Waals surface area contributed by atoms with Gasteiger partial charge in [0.2, 0.25) is 0 Å². The fourth-order valence-electron chi connectivity index (χ4n) is 1.42. The number of hydrogen-bond donors (Lipinski definition) is 1. The number of halogens is 1. The summed E-state index contributed by atoms with van der Waals surface area (Å²) in [4.78, 5) is 22.1. The molecule has 0 aliphatic heterocycles. The maximum Gasteiger partial charge on any atom is 0.281 e. The molecule has 1 heterocycles. The van der Waals surface area contributed by atoms with Crippen molar-refractivity contribution in [3.63, 3.8) is 0 Å². The second-order valence-corrected chi connectivity index (χ2v) is 4.58. The molecule has 1 aromatic carbocycles. The largest absolute Gasteiger partial charge is 0.281 e. The molecule has 0 bridgehead atoms. The van der Waals surface area contributed by atoms with E-state index in [9.17, 15) is 19.3 Å². The number of nitro benzene ring substituents is 1. The molecule has 0 saturated carbocycles. The molecule has 6 nitrogen and oxygen atoms in total. The van der Waals surface area contributed by atoms with Gasteiger partial charge in [0.15, 0.2) is 0 Å². The topological polar surface area (TPSA) is 84.6 Å². The van der Waals surface area contributed by atoms with Crippen molar-refractivity contribution in [3.8, 4) is 0 Å². The molecule has 1 N–H and O–H groups in total. The third-order valence-electron chi connectivity index (χ3n) is 2.30. The molecule has 0 unspecified atom stereocenters. The molecule has 2 aromatic rings. The SMILES string of the molecule is O=C(N/N=C/c1cc(F)ccc1[N+](=O)[O-])c1cccs1. The number of hydrazone groups is 1. The first kappa shape index (κ1) is 13.8. The van der Waals surface area contributed by atoms with Crippen molar-refractivity contribution in [2.75, 3.05) is 0 Å². The van der Waals surface area contributed by atoms with E-state index in [2.05, 4.69) is 10.5 Å². The van der Waals surface area contributed by atoms with Crippen LogP contribution in [0.1, 0.15) is 15.2 Å². The van der Waals surface area contributed by atoms with Gasteiger partial charge in [-0.25, -0.2) is 9.82 Å². The summed E-state index contributed by atoms with van der Waals surface area (Å²) < 4.78 is 13.0. The Balaban J connectivity index is 2.13. The Hall–Kier alpha value is -2.61. The standard InChI is InChI=1S/C12H8FN3O3S/c13-9-3-4-10(16(18)19)8(6-9)7-14-15-12(17)11-2-1-5-20-11/h1-7H,(H,15,17)/b14-7+. The summed E-state index contributed by atoms with van der Waals surface area (Å²) in [7, 11) is 0. The number of nitrogens with one attached hydrogen (secondary N) is 1. The summed E-state index contributed by atoms with van der Waals surface area (Å²) in [5.41, 5.74) is 1.90. The predicted molar refractivity (Wildman–Crippen MR) is 72.4 cm³/mol. The average Bonchev–Trinajstić information content (AvgIpc) is 2.92. The molecule has 0 fully saturated rings. The van der Waals surface area contributed by atoms with Gasteiger partial charge in [-0.15, -0.1) is 11.3 Å². The molecule has 1 aromatic heterocycles. The zero-order valence-electron chi connectivity index (χ0n) is 9.95. The van der Waals surface area contributed by atoms with Gasteiger partial charge in [-0.1, -0.05) is 6.07 Å². The van der Waals surface area contributed by atoms with Gasteiger partial charge in [0.05, 0.1) is 21.6 Å². The lowest BCUT2D eigenvalue weighted by Gasteiger charge is -1.98. The van der Waals surface area contributed by atoms with Gasteiger partial charge in [-0.2, -0.15) is 5.10 Å². The second-order valence-electron chi connectivity index (χ2n) is 3.64. The normalized spacial score (nSPS) is 10.7. The Morgan fingerprint density at radius 3 is 2.90 bits per heavy atom. The molecular weight excluding hydrogens is 285 g/mol. The third kappa shape index (κ3) is 3.23. The molecule has 0 saturated heterocycles. The van der Waals surface area contributed by atoms with Crippen molar-refractivity contribution in [2.45, 2.75) is 0 Å². The second kappa shape index (κ2) is 6.02. The molecule has 0 spiro atoms. The molecule has 0 aliphatic carbocycles. The molecule has 1 amide bonds. The minimum atomic E-state index is -0.651. The van der Waals surface area contributed by atoms with E-state index in [1.807, 2.05) is 0 Å². The lowest BCUT2D eigenvalue weighted by Crippen LogP contribution is -2.16. The van der Waals surface area contributed by atoms with Crippen molar-refractivity contribution >= 4 is 29.1 Å². The van der Waals surface area contributed by atoms with Gasteiger partial charge in [-0.05, 0) is 23.6 Å². The molecule has 20 heavy (non-hydrogen) atoms. The van der Waals surface area contributed by atoms with Gasteiger partial charge in [0.1, 0.15) is 5.82 Å². The highest BCUT2D eigenvalue weighted by atomic mass is 32.1. The minimum Gasteiger partial charge on any atom is -0.266 e. The number of nitro groups is 1. The van der Waals surface area contributed by atoms with E-state index in [1.54, 1.807) is 17.5 Å². The number of hydrogen-bond acceptors (Lipinski definition) is 5. The lowest BCUT2D eigenvalue weighted by molar-refractivity contribution is -0.385. The number of nitrogens with zero attached hydrogens (tertiary/aromatic N) is 2. The van der Waals surface area contributed by atoms with Gasteiger partial charge in [0.25, 0.3) is 11.6 Å². The maximum absolute atomic E-state index is 13.0. The zero-order chi connectivity index (χ0) is 14.5. The van der Waals surface area contributed by atoms with E-state index >= 15 is 0 Å². The first-order valence-electron chi connectivity index (χ1n) is 5.39. The molecule has 0 aliphatic rings. The monoisotopic (exact) mass is 293 g/mol. The van der Waals surface area contributed by atoms with Gasteiger partial charge < -0.3 is 0 Å². The van der Waals surface area contributed by atoms with Crippen LogP contribution in [0.25, 0.3) is 0 Å². The van der Waals surface area contributed by atoms with Crippen LogP contribution in [-0.4, -0.2) is 17.0 Å². The van der Waals surface area contributed by atoms with E-state index in [0.717, 1.165) is 24.4 Å². The average molecular weight is 293 g/mol. The van der Waals surface area contributed by atoms with Gasteiger partial charge >= 0.3 is 0 Å². The number of rotatable bonds is 4. The van der Waals surface area contributed by atoms with Crippen molar-refractivity contribution in [1.82, 2.24) is 5.43 Å². The molecule has 0 radical (unpaired) electrons. The summed E-state index contributed by atoms with van der Waals surface area (Å²) in [6.45, 7) is 0. The van der Waals surface area contributed by atoms with E-state index < -0.39 is 16.6 Å². The minimum absolute atomic E-state index is 0.0264. The number of carbonyl (C=O) groups is 1. The van der Waals surface area contributed by atoms with Gasteiger partial charge in [0, 0.05) is 6.07 Å². The number of amides is 1. The third-order valence-corrected chi connectivity index (χ3v) is 3.17. The maximum atomic E-state index is 13.0. The van der Waals surface area contributed by atoms with Crippen LogP contribution in [0.4, 0.5) is 10.1 Å². The van der Waals surface area contributed by atoms with Gasteiger partial charge in [-0.3, -0.25) is 14.9 Å². The fourth-order valence-corrected chi connectivity index (χ4v) is 2.03. The number of benzene rings is 1. The van der Waals surface area contributed by atoms with E-state index in [1.165, 1.54) is 11.3 Å². The van der Waals surface area contributed by atoms with Crippen LogP contribution < -0.4 is 5.43 Å². The fraction of sp³-hybridized carbons (Fsp3) is 0. The quantitative estimate of drug-likeness (QED) is 0.534. The lowest BCUT2D eigenvalue weighted by atomic mass is 10.2. The highest BCUT2D eigenvalue weighted by Crippen LogP contribution is 2.17. The van der Waals surface area contributed by atoms with Crippen LogP contribution in [0.15, 0.2) is 40.8 Å².